The Labute approximate surface area is 182 Å². The van der Waals surface area contributed by atoms with Gasteiger partial charge in [-0.1, -0.05) is 6.92 Å². The highest BCUT2D eigenvalue weighted by atomic mass is 32.2. The molecule has 1 unspecified atom stereocenters. The first-order valence-corrected chi connectivity index (χ1v) is 11.7. The van der Waals surface area contributed by atoms with E-state index < -0.39 is 10.0 Å². The number of sulfonamides is 1. The highest BCUT2D eigenvalue weighted by Crippen LogP contribution is 2.25. The number of carbonyl (C=O) groups excluding carboxylic acids is 1. The maximum absolute atomic E-state index is 12.5. The van der Waals surface area contributed by atoms with Gasteiger partial charge in [0.15, 0.2) is 0 Å². The summed E-state index contributed by atoms with van der Waals surface area (Å²) in [6.07, 6.45) is 2.68. The zero-order chi connectivity index (χ0) is 21.8. The molecule has 0 radical (unpaired) electrons. The fourth-order valence-electron chi connectivity index (χ4n) is 3.58. The second kappa shape index (κ2) is 8.95. The molecule has 0 bridgehead atoms. The Morgan fingerprint density at radius 2 is 1.84 bits per heavy atom. The molecule has 8 heteroatoms. The molecule has 2 heterocycles. The van der Waals surface area contributed by atoms with Gasteiger partial charge in [-0.25, -0.2) is 13.1 Å². The molecule has 1 fully saturated rings. The number of carbonyl (C=O) groups is 1. The number of amides is 1. The van der Waals surface area contributed by atoms with Crippen molar-refractivity contribution in [2.75, 3.05) is 23.3 Å². The standard InChI is InChI=1S/C23H25N3O4S/c1-17-12-13-26(16-17)20-8-6-19(7-9-20)25-23(27)18-4-10-22(11-5-18)31(28,29)24-15-21-3-2-14-30-21/h2-11,14,17,24H,12-13,15-16H2,1H3,(H,25,27). The largest absolute Gasteiger partial charge is 0.468 e. The SMILES string of the molecule is CC1CCN(c2ccc(NC(=O)c3ccc(S(=O)(=O)NCc4ccco4)cc3)cc2)C1. The predicted molar refractivity (Wildman–Crippen MR) is 120 cm³/mol. The number of nitrogens with zero attached hydrogens (tertiary/aromatic N) is 1. The molecule has 1 aliphatic heterocycles. The Bertz CT molecular complexity index is 1120. The Morgan fingerprint density at radius 3 is 2.45 bits per heavy atom. The minimum Gasteiger partial charge on any atom is -0.468 e. The summed E-state index contributed by atoms with van der Waals surface area (Å²) in [5.41, 5.74) is 2.22. The van der Waals surface area contributed by atoms with Crippen LogP contribution < -0.4 is 14.9 Å². The van der Waals surface area contributed by atoms with E-state index in [-0.39, 0.29) is 17.3 Å². The highest BCUT2D eigenvalue weighted by molar-refractivity contribution is 7.89. The molecule has 1 aliphatic rings. The summed E-state index contributed by atoms with van der Waals surface area (Å²) < 4.78 is 32.4. The number of benzene rings is 2. The van der Waals surface area contributed by atoms with Crippen molar-refractivity contribution >= 4 is 27.3 Å². The topological polar surface area (TPSA) is 91.7 Å². The zero-order valence-electron chi connectivity index (χ0n) is 17.2. The Hall–Kier alpha value is -3.10. The molecular weight excluding hydrogens is 414 g/mol. The van der Waals surface area contributed by atoms with Crippen LogP contribution in [0.1, 0.15) is 29.5 Å². The van der Waals surface area contributed by atoms with E-state index in [1.54, 1.807) is 12.1 Å². The van der Waals surface area contributed by atoms with Crippen molar-refractivity contribution in [2.45, 2.75) is 24.8 Å². The van der Waals surface area contributed by atoms with Gasteiger partial charge in [0.2, 0.25) is 10.0 Å². The number of hydrogen-bond donors (Lipinski definition) is 2. The van der Waals surface area contributed by atoms with Crippen molar-refractivity contribution in [1.29, 1.82) is 0 Å². The molecule has 4 rings (SSSR count). The fourth-order valence-corrected chi connectivity index (χ4v) is 4.57. The zero-order valence-corrected chi connectivity index (χ0v) is 18.1. The van der Waals surface area contributed by atoms with Crippen molar-refractivity contribution in [2.24, 2.45) is 5.92 Å². The summed E-state index contributed by atoms with van der Waals surface area (Å²) in [6, 6.07) is 17.0. The van der Waals surface area contributed by atoms with Crippen LogP contribution in [0.5, 0.6) is 0 Å². The number of nitrogens with one attached hydrogen (secondary N) is 2. The molecule has 1 aromatic heterocycles. The molecule has 0 saturated carbocycles. The van der Waals surface area contributed by atoms with Crippen molar-refractivity contribution in [3.63, 3.8) is 0 Å². The van der Waals surface area contributed by atoms with E-state index in [9.17, 15) is 13.2 Å². The van der Waals surface area contributed by atoms with Crippen LogP contribution in [-0.2, 0) is 16.6 Å². The molecule has 3 aromatic rings. The molecule has 0 aliphatic carbocycles. The Balaban J connectivity index is 1.36. The van der Waals surface area contributed by atoms with Gasteiger partial charge in [0.05, 0.1) is 17.7 Å². The fraction of sp³-hybridized carbons (Fsp3) is 0.261. The lowest BCUT2D eigenvalue weighted by Gasteiger charge is -2.18. The smallest absolute Gasteiger partial charge is 0.255 e. The highest BCUT2D eigenvalue weighted by Gasteiger charge is 2.19. The monoisotopic (exact) mass is 439 g/mol. The molecule has 2 N–H and O–H groups in total. The van der Waals surface area contributed by atoms with Crippen LogP contribution in [0.3, 0.4) is 0 Å². The quantitative estimate of drug-likeness (QED) is 0.583. The second-order valence-corrected chi connectivity index (χ2v) is 9.54. The number of anilines is 2. The van der Waals surface area contributed by atoms with Crippen LogP contribution in [0.4, 0.5) is 11.4 Å². The summed E-state index contributed by atoms with van der Waals surface area (Å²) in [7, 11) is -3.70. The number of furan rings is 1. The van der Waals surface area contributed by atoms with Gasteiger partial charge in [-0.15, -0.1) is 0 Å². The van der Waals surface area contributed by atoms with Crippen molar-refractivity contribution in [3.8, 4) is 0 Å². The molecule has 0 spiro atoms. The van der Waals surface area contributed by atoms with Gasteiger partial charge in [-0.05, 0) is 73.0 Å². The van der Waals surface area contributed by atoms with Gasteiger partial charge in [0.25, 0.3) is 5.91 Å². The van der Waals surface area contributed by atoms with Crippen molar-refractivity contribution < 1.29 is 17.6 Å². The summed E-state index contributed by atoms with van der Waals surface area (Å²) in [5, 5.41) is 2.85. The number of rotatable bonds is 7. The normalized spacial score (nSPS) is 16.4. The first kappa shape index (κ1) is 21.1. The van der Waals surface area contributed by atoms with Gasteiger partial charge < -0.3 is 14.6 Å². The lowest BCUT2D eigenvalue weighted by molar-refractivity contribution is 0.102. The first-order chi connectivity index (χ1) is 14.9. The third-order valence-corrected chi connectivity index (χ3v) is 6.77. The van der Waals surface area contributed by atoms with E-state index in [1.807, 2.05) is 24.3 Å². The van der Waals surface area contributed by atoms with Crippen LogP contribution in [-0.4, -0.2) is 27.4 Å². The molecule has 1 atom stereocenters. The minimum atomic E-state index is -3.70. The summed E-state index contributed by atoms with van der Waals surface area (Å²) in [6.45, 7) is 4.42. The molecule has 2 aromatic carbocycles. The molecule has 31 heavy (non-hydrogen) atoms. The summed E-state index contributed by atoms with van der Waals surface area (Å²) >= 11 is 0. The van der Waals surface area contributed by atoms with E-state index in [0.717, 1.165) is 18.8 Å². The average molecular weight is 440 g/mol. The first-order valence-electron chi connectivity index (χ1n) is 10.2. The third kappa shape index (κ3) is 5.15. The average Bonchev–Trinajstić information content (AvgIpc) is 3.45. The molecule has 7 nitrogen and oxygen atoms in total. The lowest BCUT2D eigenvalue weighted by Crippen LogP contribution is -2.23. The Kier molecular flexibility index (Phi) is 6.11. The molecule has 162 valence electrons. The van der Waals surface area contributed by atoms with E-state index >= 15 is 0 Å². The molecule has 1 amide bonds. The summed E-state index contributed by atoms with van der Waals surface area (Å²) in [4.78, 5) is 15.0. The number of hydrogen-bond acceptors (Lipinski definition) is 5. The minimum absolute atomic E-state index is 0.0594. The maximum Gasteiger partial charge on any atom is 0.255 e. The summed E-state index contributed by atoms with van der Waals surface area (Å²) in [5.74, 6) is 0.923. The van der Waals surface area contributed by atoms with Gasteiger partial charge in [0, 0.05) is 30.0 Å². The van der Waals surface area contributed by atoms with E-state index in [2.05, 4.69) is 21.9 Å². The van der Waals surface area contributed by atoms with Crippen LogP contribution in [0.15, 0.2) is 76.2 Å². The van der Waals surface area contributed by atoms with Crippen molar-refractivity contribution in [1.82, 2.24) is 4.72 Å². The van der Waals surface area contributed by atoms with Gasteiger partial charge >= 0.3 is 0 Å². The van der Waals surface area contributed by atoms with Crippen LogP contribution in [0.2, 0.25) is 0 Å². The second-order valence-electron chi connectivity index (χ2n) is 7.77. The van der Waals surface area contributed by atoms with Crippen LogP contribution in [0.25, 0.3) is 0 Å². The third-order valence-electron chi connectivity index (χ3n) is 5.36. The van der Waals surface area contributed by atoms with Crippen LogP contribution >= 0.6 is 0 Å². The molecule has 1 saturated heterocycles. The van der Waals surface area contributed by atoms with Crippen molar-refractivity contribution in [3.05, 3.63) is 78.3 Å². The van der Waals surface area contributed by atoms with Crippen LogP contribution in [0, 0.1) is 5.92 Å². The van der Waals surface area contributed by atoms with E-state index in [0.29, 0.717) is 22.9 Å². The Morgan fingerprint density at radius 1 is 1.10 bits per heavy atom. The van der Waals surface area contributed by atoms with E-state index in [1.165, 1.54) is 36.9 Å². The lowest BCUT2D eigenvalue weighted by atomic mass is 10.2. The van der Waals surface area contributed by atoms with Gasteiger partial charge in [-0.3, -0.25) is 4.79 Å². The molecular formula is C23H25N3O4S. The maximum atomic E-state index is 12.5. The van der Waals surface area contributed by atoms with Gasteiger partial charge in [-0.2, -0.15) is 0 Å². The predicted octanol–water partition coefficient (Wildman–Crippen LogP) is 3.86. The van der Waals surface area contributed by atoms with Gasteiger partial charge in [0.1, 0.15) is 5.76 Å². The van der Waals surface area contributed by atoms with E-state index in [4.69, 9.17) is 4.42 Å².